The minimum atomic E-state index is -0.131. The Hall–Kier alpha value is -2.88. The number of amides is 2. The van der Waals surface area contributed by atoms with Gasteiger partial charge in [-0.1, -0.05) is 55.8 Å². The predicted octanol–water partition coefficient (Wildman–Crippen LogP) is 4.79. The molecule has 28 heavy (non-hydrogen) atoms. The largest absolute Gasteiger partial charge is 0.348 e. The van der Waals surface area contributed by atoms with Crippen molar-refractivity contribution in [2.45, 2.75) is 34.2 Å². The molecule has 2 amide bonds. The van der Waals surface area contributed by atoms with E-state index in [1.54, 1.807) is 24.3 Å². The van der Waals surface area contributed by atoms with E-state index >= 15 is 0 Å². The van der Waals surface area contributed by atoms with E-state index in [4.69, 9.17) is 0 Å². The van der Waals surface area contributed by atoms with Gasteiger partial charge in [0.1, 0.15) is 0 Å². The minimum absolute atomic E-state index is 0.0153. The number of hydrogen-bond donors (Lipinski definition) is 2. The molecule has 0 bridgehead atoms. The van der Waals surface area contributed by atoms with E-state index in [0.29, 0.717) is 17.8 Å². The van der Waals surface area contributed by atoms with Crippen LogP contribution in [0.4, 0.5) is 5.69 Å². The summed E-state index contributed by atoms with van der Waals surface area (Å²) in [7, 11) is 0. The van der Waals surface area contributed by atoms with Crippen molar-refractivity contribution in [1.29, 1.82) is 0 Å². The van der Waals surface area contributed by atoms with Crippen LogP contribution in [0.25, 0.3) is 0 Å². The smallest absolute Gasteiger partial charge is 0.251 e. The Morgan fingerprint density at radius 1 is 1.00 bits per heavy atom. The second kappa shape index (κ2) is 8.01. The van der Waals surface area contributed by atoms with Crippen molar-refractivity contribution in [1.82, 2.24) is 5.32 Å². The van der Waals surface area contributed by atoms with Gasteiger partial charge in [0.25, 0.3) is 5.91 Å². The van der Waals surface area contributed by atoms with Crippen molar-refractivity contribution >= 4 is 17.5 Å². The number of nitrogens with one attached hydrogen (secondary N) is 2. The quantitative estimate of drug-likeness (QED) is 0.712. The highest BCUT2D eigenvalue weighted by Crippen LogP contribution is 2.59. The average molecular weight is 377 g/mol. The maximum Gasteiger partial charge on any atom is 0.251 e. The van der Waals surface area contributed by atoms with Crippen LogP contribution in [-0.2, 0) is 11.3 Å². The van der Waals surface area contributed by atoms with Gasteiger partial charge >= 0.3 is 0 Å². The summed E-state index contributed by atoms with van der Waals surface area (Å²) in [4.78, 5) is 24.9. The summed E-state index contributed by atoms with van der Waals surface area (Å²) in [5, 5.41) is 5.89. The second-order valence-corrected chi connectivity index (χ2v) is 8.30. The monoisotopic (exact) mass is 376 g/mol. The molecule has 0 heterocycles. The fraction of sp³-hybridized carbons (Fsp3) is 0.333. The molecule has 4 heteroatoms. The number of carbonyl (C=O) groups excluding carboxylic acids is 2. The Morgan fingerprint density at radius 3 is 2.25 bits per heavy atom. The van der Waals surface area contributed by atoms with Gasteiger partial charge in [0.05, 0.1) is 5.92 Å². The van der Waals surface area contributed by atoms with Gasteiger partial charge in [-0.15, -0.1) is 0 Å². The third kappa shape index (κ3) is 4.50. The maximum atomic E-state index is 12.6. The standard InChI is InChI=1S/C24H28N2O2/c1-16(2)14-20-21(24(20,3)4)23(28)26-19-12-10-18(11-13-19)22(27)25-15-17-8-6-5-7-9-17/h5-14,20-21H,15H2,1-4H3,(H,25,27)(H,26,28)/t20-,21-/m0/s1. The van der Waals surface area contributed by atoms with Gasteiger partial charge in [-0.25, -0.2) is 0 Å². The molecule has 0 unspecified atom stereocenters. The first-order chi connectivity index (χ1) is 13.3. The van der Waals surface area contributed by atoms with Crippen LogP contribution in [0.5, 0.6) is 0 Å². The number of rotatable bonds is 6. The number of anilines is 1. The van der Waals surface area contributed by atoms with Gasteiger partial charge in [-0.2, -0.15) is 0 Å². The van der Waals surface area contributed by atoms with Gasteiger partial charge in [0.15, 0.2) is 0 Å². The van der Waals surface area contributed by atoms with Crippen LogP contribution in [0.1, 0.15) is 43.6 Å². The Morgan fingerprint density at radius 2 is 1.64 bits per heavy atom. The summed E-state index contributed by atoms with van der Waals surface area (Å²) in [5.74, 6) is 0.166. The molecule has 146 valence electrons. The van der Waals surface area contributed by atoms with E-state index < -0.39 is 0 Å². The van der Waals surface area contributed by atoms with E-state index in [0.717, 1.165) is 5.56 Å². The number of hydrogen-bond acceptors (Lipinski definition) is 2. The first kappa shape index (κ1) is 19.9. The van der Waals surface area contributed by atoms with Gasteiger partial charge < -0.3 is 10.6 Å². The molecule has 4 nitrogen and oxygen atoms in total. The van der Waals surface area contributed by atoms with Crippen molar-refractivity contribution in [3.05, 3.63) is 77.4 Å². The third-order valence-corrected chi connectivity index (χ3v) is 5.42. The molecule has 2 aromatic rings. The predicted molar refractivity (Wildman–Crippen MR) is 113 cm³/mol. The molecule has 0 aliphatic heterocycles. The average Bonchev–Trinajstić information content (AvgIpc) is 3.20. The SMILES string of the molecule is CC(C)=C[C@H]1[C@@H](C(=O)Nc2ccc(C(=O)NCc3ccccc3)cc2)C1(C)C. The first-order valence-electron chi connectivity index (χ1n) is 9.67. The van der Waals surface area contributed by atoms with Crippen molar-refractivity contribution in [3.8, 4) is 0 Å². The lowest BCUT2D eigenvalue weighted by Crippen LogP contribution is -2.22. The number of benzene rings is 2. The lowest BCUT2D eigenvalue weighted by Gasteiger charge is -2.08. The molecule has 0 aromatic heterocycles. The van der Waals surface area contributed by atoms with E-state index in [2.05, 4.69) is 44.4 Å². The molecule has 1 saturated carbocycles. The molecule has 2 N–H and O–H groups in total. The summed E-state index contributed by atoms with van der Waals surface area (Å²) in [6, 6.07) is 16.8. The van der Waals surface area contributed by atoms with Crippen LogP contribution in [0.2, 0.25) is 0 Å². The van der Waals surface area contributed by atoms with Crippen LogP contribution in [0, 0.1) is 17.3 Å². The zero-order valence-electron chi connectivity index (χ0n) is 17.0. The van der Waals surface area contributed by atoms with Gasteiger partial charge in [-0.05, 0) is 55.0 Å². The summed E-state index contributed by atoms with van der Waals surface area (Å²) in [6.07, 6.45) is 2.18. The Labute approximate surface area is 167 Å². The summed E-state index contributed by atoms with van der Waals surface area (Å²) < 4.78 is 0. The van der Waals surface area contributed by atoms with E-state index in [1.807, 2.05) is 30.3 Å². The van der Waals surface area contributed by atoms with Gasteiger partial charge in [0, 0.05) is 17.8 Å². The van der Waals surface area contributed by atoms with Gasteiger partial charge in [-0.3, -0.25) is 9.59 Å². The molecule has 3 rings (SSSR count). The lowest BCUT2D eigenvalue weighted by atomic mass is 10.1. The van der Waals surface area contributed by atoms with Crippen molar-refractivity contribution < 1.29 is 9.59 Å². The fourth-order valence-corrected chi connectivity index (χ4v) is 3.65. The number of carbonyl (C=O) groups is 2. The van der Waals surface area contributed by atoms with E-state index in [1.165, 1.54) is 5.57 Å². The topological polar surface area (TPSA) is 58.2 Å². The van der Waals surface area contributed by atoms with Crippen molar-refractivity contribution in [2.24, 2.45) is 17.3 Å². The lowest BCUT2D eigenvalue weighted by molar-refractivity contribution is -0.118. The van der Waals surface area contributed by atoms with Crippen LogP contribution in [0.15, 0.2) is 66.2 Å². The normalized spacial score (nSPS) is 19.4. The molecule has 0 saturated heterocycles. The molecule has 0 spiro atoms. The fourth-order valence-electron chi connectivity index (χ4n) is 3.65. The summed E-state index contributed by atoms with van der Waals surface area (Å²) in [6.45, 7) is 8.86. The van der Waals surface area contributed by atoms with Crippen LogP contribution in [0.3, 0.4) is 0 Å². The maximum absolute atomic E-state index is 12.6. The molecule has 2 atom stereocenters. The van der Waals surface area contributed by atoms with Gasteiger partial charge in [0.2, 0.25) is 5.91 Å². The molecule has 0 radical (unpaired) electrons. The molecule has 1 aliphatic rings. The highest BCUT2D eigenvalue weighted by Gasteiger charge is 2.60. The van der Waals surface area contributed by atoms with Crippen LogP contribution < -0.4 is 10.6 Å². The molecular formula is C24H28N2O2. The van der Waals surface area contributed by atoms with Crippen LogP contribution in [-0.4, -0.2) is 11.8 Å². The Bertz CT molecular complexity index is 879. The molecule has 2 aromatic carbocycles. The Kier molecular flexibility index (Phi) is 5.68. The van der Waals surface area contributed by atoms with Crippen molar-refractivity contribution in [2.75, 3.05) is 5.32 Å². The van der Waals surface area contributed by atoms with Crippen LogP contribution >= 0.6 is 0 Å². The van der Waals surface area contributed by atoms with Crippen molar-refractivity contribution in [3.63, 3.8) is 0 Å². The highest BCUT2D eigenvalue weighted by atomic mass is 16.2. The first-order valence-corrected chi connectivity index (χ1v) is 9.67. The zero-order chi connectivity index (χ0) is 20.3. The van der Waals surface area contributed by atoms with E-state index in [9.17, 15) is 9.59 Å². The summed E-state index contributed by atoms with van der Waals surface area (Å²) >= 11 is 0. The molecule has 1 fully saturated rings. The second-order valence-electron chi connectivity index (χ2n) is 8.30. The Balaban J connectivity index is 1.56. The molecular weight excluding hydrogens is 348 g/mol. The number of allylic oxidation sites excluding steroid dienone is 2. The zero-order valence-corrected chi connectivity index (χ0v) is 17.0. The third-order valence-electron chi connectivity index (χ3n) is 5.42. The molecule has 1 aliphatic carbocycles. The minimum Gasteiger partial charge on any atom is -0.348 e. The summed E-state index contributed by atoms with van der Waals surface area (Å²) in [5.41, 5.74) is 3.56. The van der Waals surface area contributed by atoms with E-state index in [-0.39, 0.29) is 29.1 Å². The highest BCUT2D eigenvalue weighted by molar-refractivity contribution is 5.97.